The van der Waals surface area contributed by atoms with E-state index in [4.69, 9.17) is 22.4 Å². The second-order valence-electron chi connectivity index (χ2n) is 2.06. The van der Waals surface area contributed by atoms with Gasteiger partial charge in [-0.05, 0) is 31.2 Å². The van der Waals surface area contributed by atoms with Crippen LogP contribution in [0.2, 0.25) is 5.02 Å². The summed E-state index contributed by atoms with van der Waals surface area (Å²) < 4.78 is 0. The van der Waals surface area contributed by atoms with E-state index in [9.17, 15) is 4.79 Å². The number of halogens is 1. The van der Waals surface area contributed by atoms with Crippen LogP contribution in [0.3, 0.4) is 0 Å². The molecule has 0 aliphatic heterocycles. The third kappa shape index (κ3) is 3.13. The van der Waals surface area contributed by atoms with Gasteiger partial charge in [-0.2, -0.15) is 0 Å². The van der Waals surface area contributed by atoms with Crippen molar-refractivity contribution in [2.24, 2.45) is 0 Å². The Morgan fingerprint density at radius 3 is 2.00 bits per heavy atom. The Morgan fingerprint density at radius 2 is 1.67 bits per heavy atom. The molecule has 0 bridgehead atoms. The molecule has 0 aromatic heterocycles. The summed E-state index contributed by atoms with van der Waals surface area (Å²) in [5, 5.41) is 12.7. The number of hydrogen-bond acceptors (Lipinski definition) is 3. The summed E-state index contributed by atoms with van der Waals surface area (Å²) in [5.41, 5.74) is 0.699. The van der Waals surface area contributed by atoms with Crippen LogP contribution < -0.4 is 0 Å². The van der Waals surface area contributed by atoms with Crippen LogP contribution in [0.15, 0.2) is 24.3 Å². The Balaban J connectivity index is 0.000000561. The lowest BCUT2D eigenvalue weighted by Gasteiger charge is -1.92. The molecule has 12 heavy (non-hydrogen) atoms. The normalized spacial score (nSPS) is 8.00. The first-order valence-corrected chi connectivity index (χ1v) is 3.54. The van der Waals surface area contributed by atoms with Gasteiger partial charge in [0, 0.05) is 21.4 Å². The summed E-state index contributed by atoms with van der Waals surface area (Å²) >= 11 is 5.61. The molecule has 0 unspecified atom stereocenters. The number of hydrogen-bond donors (Lipinski definition) is 0. The standard InChI is InChI=1S/C8H7ClO.N2/c1-6(10)7-2-4-8(9)5-3-7;1-2/h2-5H,1H3;. The minimum Gasteiger partial charge on any atom is -0.295 e. The maximum absolute atomic E-state index is 10.7. The summed E-state index contributed by atoms with van der Waals surface area (Å²) in [5.74, 6) is 0.0664. The minimum absolute atomic E-state index is 0.0664. The second-order valence-corrected chi connectivity index (χ2v) is 2.50. The van der Waals surface area contributed by atoms with Gasteiger partial charge in [0.1, 0.15) is 0 Å². The molecule has 0 aliphatic carbocycles. The number of ketones is 1. The molecule has 3 nitrogen and oxygen atoms in total. The lowest BCUT2D eigenvalue weighted by molar-refractivity contribution is 0.101. The minimum atomic E-state index is 0.0664. The largest absolute Gasteiger partial charge is 0.295 e. The summed E-state index contributed by atoms with van der Waals surface area (Å²) in [7, 11) is 0. The fourth-order valence-electron chi connectivity index (χ4n) is 0.685. The van der Waals surface area contributed by atoms with Crippen LogP contribution in [0, 0.1) is 10.8 Å². The third-order valence-corrected chi connectivity index (χ3v) is 1.50. The van der Waals surface area contributed by atoms with Crippen molar-refractivity contribution in [2.75, 3.05) is 0 Å². The number of rotatable bonds is 1. The molecule has 0 aliphatic rings. The highest BCUT2D eigenvalue weighted by Crippen LogP contribution is 2.09. The van der Waals surface area contributed by atoms with E-state index < -0.39 is 0 Å². The van der Waals surface area contributed by atoms with Crippen LogP contribution in [0.4, 0.5) is 0 Å². The Hall–Kier alpha value is -1.40. The van der Waals surface area contributed by atoms with Gasteiger partial charge < -0.3 is 0 Å². The van der Waals surface area contributed by atoms with Gasteiger partial charge in [-0.25, -0.2) is 0 Å². The van der Waals surface area contributed by atoms with E-state index in [0.29, 0.717) is 10.6 Å². The number of nitrogens with zero attached hydrogens (tertiary/aromatic N) is 2. The molecule has 0 N–H and O–H groups in total. The predicted octanol–water partition coefficient (Wildman–Crippen LogP) is 2.57. The molecule has 0 saturated carbocycles. The lowest BCUT2D eigenvalue weighted by Crippen LogP contribution is -1.89. The highest BCUT2D eigenvalue weighted by molar-refractivity contribution is 6.30. The van der Waals surface area contributed by atoms with Crippen molar-refractivity contribution >= 4 is 17.4 Å². The molecule has 1 rings (SSSR count). The zero-order chi connectivity index (χ0) is 9.56. The lowest BCUT2D eigenvalue weighted by atomic mass is 10.2. The first-order chi connectivity index (χ1) is 5.70. The van der Waals surface area contributed by atoms with Crippen molar-refractivity contribution in [1.82, 2.24) is 0 Å². The summed E-state index contributed by atoms with van der Waals surface area (Å²) in [6.07, 6.45) is 0. The molecule has 1 aromatic rings. The van der Waals surface area contributed by atoms with E-state index in [-0.39, 0.29) is 5.78 Å². The van der Waals surface area contributed by atoms with E-state index >= 15 is 0 Å². The van der Waals surface area contributed by atoms with Crippen LogP contribution in [-0.4, -0.2) is 5.78 Å². The van der Waals surface area contributed by atoms with Crippen molar-refractivity contribution in [1.29, 1.82) is 10.8 Å². The highest BCUT2D eigenvalue weighted by Gasteiger charge is 1.95. The Morgan fingerprint density at radius 1 is 1.25 bits per heavy atom. The van der Waals surface area contributed by atoms with Crippen molar-refractivity contribution in [3.05, 3.63) is 34.9 Å². The molecule has 0 fully saturated rings. The van der Waals surface area contributed by atoms with Gasteiger partial charge in [0.15, 0.2) is 5.78 Å². The summed E-state index contributed by atoms with van der Waals surface area (Å²) in [4.78, 5) is 10.7. The van der Waals surface area contributed by atoms with Gasteiger partial charge in [0.05, 0.1) is 0 Å². The molecule has 0 atom stereocenters. The first kappa shape index (κ1) is 10.6. The van der Waals surface area contributed by atoms with E-state index in [1.54, 1.807) is 24.3 Å². The fraction of sp³-hybridized carbons (Fsp3) is 0.125. The van der Waals surface area contributed by atoms with Gasteiger partial charge >= 0.3 is 0 Å². The van der Waals surface area contributed by atoms with Crippen molar-refractivity contribution in [3.63, 3.8) is 0 Å². The van der Waals surface area contributed by atoms with Crippen molar-refractivity contribution < 1.29 is 4.79 Å². The second kappa shape index (κ2) is 5.28. The van der Waals surface area contributed by atoms with E-state index in [1.807, 2.05) is 0 Å². The van der Waals surface area contributed by atoms with Crippen LogP contribution in [0.25, 0.3) is 0 Å². The molecule has 62 valence electrons. The quantitative estimate of drug-likeness (QED) is 0.495. The number of carbonyl (C=O) groups is 1. The SMILES string of the molecule is CC(=O)c1ccc(Cl)cc1.N#N. The number of benzene rings is 1. The maximum atomic E-state index is 10.7. The Bertz CT molecular complexity index is 279. The van der Waals surface area contributed by atoms with Gasteiger partial charge in [-0.3, -0.25) is 4.79 Å². The first-order valence-electron chi connectivity index (χ1n) is 3.16. The number of carbonyl (C=O) groups excluding carboxylic acids is 1. The fourth-order valence-corrected chi connectivity index (χ4v) is 0.811. The number of Topliss-reactive ketones (excluding diaryl/α,β-unsaturated/α-hetero) is 1. The average molecular weight is 183 g/mol. The van der Waals surface area contributed by atoms with E-state index in [1.165, 1.54) is 6.92 Å². The zero-order valence-corrected chi connectivity index (χ0v) is 7.25. The zero-order valence-electron chi connectivity index (χ0n) is 6.49. The van der Waals surface area contributed by atoms with E-state index in [0.717, 1.165) is 0 Å². The molecule has 0 saturated heterocycles. The van der Waals surface area contributed by atoms with Crippen LogP contribution >= 0.6 is 11.6 Å². The van der Waals surface area contributed by atoms with Gasteiger partial charge in [0.25, 0.3) is 0 Å². The molecular formula is C8H7ClN2O. The predicted molar refractivity (Wildman–Crippen MR) is 44.9 cm³/mol. The summed E-state index contributed by atoms with van der Waals surface area (Å²) in [6.45, 7) is 1.53. The maximum Gasteiger partial charge on any atom is 0.159 e. The van der Waals surface area contributed by atoms with Crippen molar-refractivity contribution in [3.8, 4) is 0 Å². The monoisotopic (exact) mass is 182 g/mol. The molecule has 0 spiro atoms. The van der Waals surface area contributed by atoms with Gasteiger partial charge in [-0.15, -0.1) is 0 Å². The molecule has 4 heteroatoms. The third-order valence-electron chi connectivity index (χ3n) is 1.25. The topological polar surface area (TPSA) is 64.7 Å². The molecule has 1 aromatic carbocycles. The average Bonchev–Trinajstić information content (AvgIpc) is 2.09. The molecule has 0 radical (unpaired) electrons. The smallest absolute Gasteiger partial charge is 0.159 e. The van der Waals surface area contributed by atoms with Gasteiger partial charge in [-0.1, -0.05) is 11.6 Å². The van der Waals surface area contributed by atoms with Crippen LogP contribution in [0.1, 0.15) is 17.3 Å². The molecular weight excluding hydrogens is 176 g/mol. The summed E-state index contributed by atoms with van der Waals surface area (Å²) in [6, 6.07) is 6.84. The highest BCUT2D eigenvalue weighted by atomic mass is 35.5. The molecule has 0 amide bonds. The Kier molecular flexibility index (Phi) is 4.66. The Labute approximate surface area is 75.4 Å². The van der Waals surface area contributed by atoms with Crippen molar-refractivity contribution in [2.45, 2.75) is 6.92 Å². The van der Waals surface area contributed by atoms with Gasteiger partial charge in [0.2, 0.25) is 0 Å². The van der Waals surface area contributed by atoms with Crippen LogP contribution in [0.5, 0.6) is 0 Å². The molecule has 0 heterocycles. The van der Waals surface area contributed by atoms with Crippen LogP contribution in [-0.2, 0) is 0 Å². The van der Waals surface area contributed by atoms with E-state index in [2.05, 4.69) is 0 Å².